The summed E-state index contributed by atoms with van der Waals surface area (Å²) in [6, 6.07) is 11.6. The van der Waals surface area contributed by atoms with Crippen LogP contribution < -0.4 is 21.1 Å². The van der Waals surface area contributed by atoms with Gasteiger partial charge in [0.25, 0.3) is 11.5 Å². The molecule has 5 heterocycles. The average Bonchev–Trinajstić information content (AvgIpc) is 3.12. The predicted molar refractivity (Wildman–Crippen MR) is 198 cm³/mol. The zero-order valence-electron chi connectivity index (χ0n) is 30.1. The molecule has 0 aliphatic carbocycles. The maximum Gasteiger partial charge on any atom is 0.287 e. The molecule has 4 saturated heterocycles. The fourth-order valence-electron chi connectivity index (χ4n) is 8.83. The molecule has 0 saturated carbocycles. The van der Waals surface area contributed by atoms with Gasteiger partial charge in [-0.1, -0.05) is 23.7 Å². The van der Waals surface area contributed by atoms with Crippen molar-refractivity contribution < 1.29 is 18.8 Å². The first-order valence-electron chi connectivity index (χ1n) is 18.3. The Kier molecular flexibility index (Phi) is 10.1. The molecule has 11 nitrogen and oxygen atoms in total. The largest absolute Gasteiger partial charge is 0.378 e. The summed E-state index contributed by atoms with van der Waals surface area (Å²) < 4.78 is 16.7. The average molecular weight is 732 g/mol. The van der Waals surface area contributed by atoms with Crippen LogP contribution in [0.4, 0.5) is 15.8 Å². The molecular formula is C39H47ClFN7O4. The predicted octanol–water partition coefficient (Wildman–Crippen LogP) is 4.82. The quantitative estimate of drug-likeness (QED) is 0.347. The van der Waals surface area contributed by atoms with Crippen LogP contribution in [0.1, 0.15) is 83.8 Å². The Morgan fingerprint density at radius 1 is 1.00 bits per heavy atom. The molecule has 276 valence electrons. The van der Waals surface area contributed by atoms with Gasteiger partial charge in [-0.3, -0.25) is 24.5 Å². The number of piperidine rings is 4. The number of likely N-dealkylation sites (N-methyl/N-ethyl adjacent to an activating group) is 1. The summed E-state index contributed by atoms with van der Waals surface area (Å²) in [5.74, 6) is -1.45. The summed E-state index contributed by atoms with van der Waals surface area (Å²) >= 11 is 6.32. The number of aromatic nitrogens is 2. The van der Waals surface area contributed by atoms with Crippen LogP contribution in [0.2, 0.25) is 5.02 Å². The number of benzene rings is 2. The molecule has 1 unspecified atom stereocenters. The lowest BCUT2D eigenvalue weighted by Crippen LogP contribution is -2.48. The standard InChI is InChI=1S/C39H47ClFN7O4/c1-24-18-29(20-31(41)34(24)30-8-9-33(49)44-36(30)50)47-14-10-39(11-15-47)12-16-48(17-13-39)37(51)26-6-4-25(5-7-26)27-19-28(23-45(2)22-27)43-32-21-42-46(3)38(52)35(32)40/h4-7,18,20-21,27-28,30,43H,8-17,19,22-23H2,1-3H3,(H,44,49,50)/t27-,28+,30?/m1/s1. The minimum atomic E-state index is -0.644. The van der Waals surface area contributed by atoms with E-state index in [0.29, 0.717) is 23.2 Å². The molecule has 3 amide bonds. The number of carbonyl (C=O) groups is 3. The van der Waals surface area contributed by atoms with Crippen LogP contribution in [-0.2, 0) is 16.6 Å². The van der Waals surface area contributed by atoms with E-state index in [0.717, 1.165) is 82.6 Å². The van der Waals surface area contributed by atoms with Crippen molar-refractivity contribution in [1.29, 1.82) is 0 Å². The van der Waals surface area contributed by atoms with E-state index in [9.17, 15) is 19.2 Å². The maximum absolute atomic E-state index is 15.4. The van der Waals surface area contributed by atoms with Gasteiger partial charge >= 0.3 is 0 Å². The van der Waals surface area contributed by atoms with E-state index >= 15 is 4.39 Å². The first-order chi connectivity index (χ1) is 24.9. The van der Waals surface area contributed by atoms with Gasteiger partial charge in [-0.2, -0.15) is 5.10 Å². The fourth-order valence-corrected chi connectivity index (χ4v) is 9.06. The number of hydrogen-bond donors (Lipinski definition) is 2. The highest BCUT2D eigenvalue weighted by atomic mass is 35.5. The van der Waals surface area contributed by atoms with E-state index in [2.05, 4.69) is 44.7 Å². The lowest BCUT2D eigenvalue weighted by Gasteiger charge is -2.47. The molecule has 3 atom stereocenters. The van der Waals surface area contributed by atoms with Crippen LogP contribution in [0, 0.1) is 18.2 Å². The van der Waals surface area contributed by atoms with E-state index in [1.165, 1.54) is 10.2 Å². The van der Waals surface area contributed by atoms with Gasteiger partial charge in [-0.05, 0) is 99.2 Å². The number of nitrogens with one attached hydrogen (secondary N) is 2. The van der Waals surface area contributed by atoms with Crippen LogP contribution >= 0.6 is 11.6 Å². The summed E-state index contributed by atoms with van der Waals surface area (Å²) in [5, 5.41) is 10.0. The lowest BCUT2D eigenvalue weighted by molar-refractivity contribution is -0.134. The minimum absolute atomic E-state index is 0.0639. The zero-order chi connectivity index (χ0) is 36.7. The second-order valence-corrected chi connectivity index (χ2v) is 15.7. The normalized spacial score (nSPS) is 23.8. The van der Waals surface area contributed by atoms with Crippen LogP contribution in [0.3, 0.4) is 0 Å². The van der Waals surface area contributed by atoms with Crippen molar-refractivity contribution in [3.05, 3.63) is 86.0 Å². The van der Waals surface area contributed by atoms with E-state index in [1.54, 1.807) is 19.3 Å². The molecule has 1 spiro atoms. The van der Waals surface area contributed by atoms with Crippen molar-refractivity contribution in [2.24, 2.45) is 12.5 Å². The van der Waals surface area contributed by atoms with Gasteiger partial charge in [0.1, 0.15) is 10.8 Å². The number of hydrogen-bond acceptors (Lipinski definition) is 8. The van der Waals surface area contributed by atoms with Crippen molar-refractivity contribution in [3.63, 3.8) is 0 Å². The number of rotatable bonds is 6. The first kappa shape index (κ1) is 36.1. The monoisotopic (exact) mass is 731 g/mol. The molecular weight excluding hydrogens is 685 g/mol. The fraction of sp³-hybridized carbons (Fsp3) is 0.513. The van der Waals surface area contributed by atoms with Crippen molar-refractivity contribution >= 4 is 40.7 Å². The summed E-state index contributed by atoms with van der Waals surface area (Å²) in [7, 11) is 3.66. The van der Waals surface area contributed by atoms with Gasteiger partial charge in [0.2, 0.25) is 11.8 Å². The van der Waals surface area contributed by atoms with Gasteiger partial charge in [0.15, 0.2) is 0 Å². The Morgan fingerprint density at radius 2 is 1.69 bits per heavy atom. The number of halogens is 2. The van der Waals surface area contributed by atoms with Crippen molar-refractivity contribution in [2.45, 2.75) is 69.7 Å². The van der Waals surface area contributed by atoms with E-state index in [-0.39, 0.29) is 46.2 Å². The molecule has 0 radical (unpaired) electrons. The first-order valence-corrected chi connectivity index (χ1v) is 18.7. The van der Waals surface area contributed by atoms with Gasteiger partial charge in [-0.25, -0.2) is 9.07 Å². The molecule has 2 aromatic carbocycles. The van der Waals surface area contributed by atoms with Crippen molar-refractivity contribution in [3.8, 4) is 0 Å². The molecule has 0 bridgehead atoms. The van der Waals surface area contributed by atoms with E-state index in [4.69, 9.17) is 11.6 Å². The number of likely N-dealkylation sites (tertiary alicyclic amines) is 2. The van der Waals surface area contributed by atoms with Crippen LogP contribution in [0.5, 0.6) is 0 Å². The molecule has 1 aromatic heterocycles. The number of imide groups is 1. The third-order valence-corrected chi connectivity index (χ3v) is 12.3. The molecule has 7 rings (SSSR count). The molecule has 4 fully saturated rings. The van der Waals surface area contributed by atoms with E-state index < -0.39 is 17.6 Å². The van der Waals surface area contributed by atoms with Crippen molar-refractivity contribution in [2.75, 3.05) is 56.5 Å². The molecule has 4 aliphatic rings. The van der Waals surface area contributed by atoms with Crippen LogP contribution in [0.15, 0.2) is 47.4 Å². The van der Waals surface area contributed by atoms with Gasteiger partial charge in [-0.15, -0.1) is 0 Å². The highest BCUT2D eigenvalue weighted by Crippen LogP contribution is 2.43. The zero-order valence-corrected chi connectivity index (χ0v) is 30.8. The Hall–Kier alpha value is -4.29. The molecule has 2 N–H and O–H groups in total. The Morgan fingerprint density at radius 3 is 2.37 bits per heavy atom. The molecule has 4 aliphatic heterocycles. The number of anilines is 2. The molecule has 13 heteroatoms. The van der Waals surface area contributed by atoms with Crippen LogP contribution in [0.25, 0.3) is 0 Å². The molecule has 3 aromatic rings. The highest BCUT2D eigenvalue weighted by Gasteiger charge is 2.39. The smallest absolute Gasteiger partial charge is 0.287 e. The SMILES string of the molecule is Cc1cc(N2CCC3(CCN(C(=O)c4ccc([C@@H]5C[C@H](Nc6cnn(C)c(=O)c6Cl)CN(C)C5)cc4)CC3)CC2)cc(F)c1C1CCC(=O)NC1=O. The van der Waals surface area contributed by atoms with Crippen molar-refractivity contribution in [1.82, 2.24) is 24.9 Å². The summed E-state index contributed by atoms with van der Waals surface area (Å²) in [6.45, 7) is 6.60. The van der Waals surface area contributed by atoms with E-state index in [1.807, 2.05) is 30.0 Å². The summed E-state index contributed by atoms with van der Waals surface area (Å²) in [5.41, 5.74) is 4.20. The summed E-state index contributed by atoms with van der Waals surface area (Å²) in [6.07, 6.45) is 6.85. The second kappa shape index (κ2) is 14.6. The molecule has 52 heavy (non-hydrogen) atoms. The lowest BCUT2D eigenvalue weighted by atomic mass is 9.71. The third-order valence-electron chi connectivity index (χ3n) is 11.9. The number of nitrogens with zero attached hydrogens (tertiary/aromatic N) is 5. The summed E-state index contributed by atoms with van der Waals surface area (Å²) in [4.78, 5) is 56.4. The Balaban J connectivity index is 0.921. The third kappa shape index (κ3) is 7.32. The van der Waals surface area contributed by atoms with Gasteiger partial charge in [0.05, 0.1) is 17.8 Å². The Bertz CT molecular complexity index is 1890. The maximum atomic E-state index is 15.4. The second-order valence-electron chi connectivity index (χ2n) is 15.4. The highest BCUT2D eigenvalue weighted by molar-refractivity contribution is 6.32. The topological polar surface area (TPSA) is 120 Å². The van der Waals surface area contributed by atoms with Gasteiger partial charge < -0.3 is 20.0 Å². The van der Waals surface area contributed by atoms with Crippen LogP contribution in [-0.4, -0.2) is 89.7 Å². The Labute approximate surface area is 308 Å². The van der Waals surface area contributed by atoms with Gasteiger partial charge in [0, 0.05) is 75.6 Å². The number of carbonyl (C=O) groups excluding carboxylic acids is 3. The minimum Gasteiger partial charge on any atom is -0.378 e. The number of aryl methyl sites for hydroxylation is 2. The number of amides is 3.